The van der Waals surface area contributed by atoms with Crippen LogP contribution in [0.15, 0.2) is 64.9 Å². The van der Waals surface area contributed by atoms with Gasteiger partial charge in [0.25, 0.3) is 5.91 Å². The van der Waals surface area contributed by atoms with Crippen LogP contribution in [-0.4, -0.2) is 31.6 Å². The largest absolute Gasteiger partial charge is 0.272 e. The highest BCUT2D eigenvalue weighted by atomic mass is 32.2. The fraction of sp³-hybridized carbons (Fsp3) is 0.133. The van der Waals surface area contributed by atoms with Crippen molar-refractivity contribution in [3.63, 3.8) is 0 Å². The third-order valence-electron chi connectivity index (χ3n) is 2.92. The lowest BCUT2D eigenvalue weighted by molar-refractivity contribution is -0.119. The lowest BCUT2D eigenvalue weighted by Crippen LogP contribution is -2.35. The van der Waals surface area contributed by atoms with Crippen LogP contribution in [0.25, 0.3) is 0 Å². The number of aromatic nitrogens is 1. The highest BCUT2D eigenvalue weighted by Gasteiger charge is 2.14. The Hall–Kier alpha value is -2.58. The smallest absolute Gasteiger partial charge is 0.255 e. The van der Waals surface area contributed by atoms with Gasteiger partial charge in [-0.25, -0.2) is 18.6 Å². The van der Waals surface area contributed by atoms with Crippen molar-refractivity contribution in [2.45, 2.75) is 11.8 Å². The number of hydrogen-bond acceptors (Lipinski definition) is 5. The third-order valence-corrected chi connectivity index (χ3v) is 4.34. The molecule has 0 spiro atoms. The van der Waals surface area contributed by atoms with Gasteiger partial charge in [-0.1, -0.05) is 18.2 Å². The zero-order valence-corrected chi connectivity index (χ0v) is 13.2. The number of pyridine rings is 1. The van der Waals surface area contributed by atoms with Gasteiger partial charge in [0.1, 0.15) is 0 Å². The molecule has 0 bridgehead atoms. The molecule has 0 saturated heterocycles. The average Bonchev–Trinajstić information content (AvgIpc) is 2.59. The molecule has 0 atom stereocenters. The number of nitrogens with one attached hydrogen (secondary N) is 2. The Morgan fingerprint density at radius 3 is 2.43 bits per heavy atom. The quantitative estimate of drug-likeness (QED) is 0.606. The van der Waals surface area contributed by atoms with Gasteiger partial charge in [-0.15, -0.1) is 0 Å². The minimum atomic E-state index is -3.71. The van der Waals surface area contributed by atoms with Gasteiger partial charge in [0.15, 0.2) is 0 Å². The minimum absolute atomic E-state index is 0.101. The van der Waals surface area contributed by atoms with Crippen LogP contribution < -0.4 is 10.1 Å². The number of hydrogen-bond donors (Lipinski definition) is 2. The molecule has 1 amide bonds. The van der Waals surface area contributed by atoms with E-state index in [1.165, 1.54) is 12.1 Å². The molecule has 0 unspecified atom stereocenters. The fourth-order valence-electron chi connectivity index (χ4n) is 1.69. The molecule has 0 saturated carbocycles. The van der Waals surface area contributed by atoms with E-state index in [2.05, 4.69) is 20.2 Å². The van der Waals surface area contributed by atoms with Crippen LogP contribution in [0.1, 0.15) is 12.5 Å². The van der Waals surface area contributed by atoms with E-state index < -0.39 is 22.5 Å². The highest BCUT2D eigenvalue weighted by Crippen LogP contribution is 2.06. The topological polar surface area (TPSA) is 101 Å². The second kappa shape index (κ2) is 7.61. The van der Waals surface area contributed by atoms with Gasteiger partial charge in [0.2, 0.25) is 10.0 Å². The molecule has 2 aromatic rings. The van der Waals surface area contributed by atoms with Gasteiger partial charge in [0, 0.05) is 18.0 Å². The summed E-state index contributed by atoms with van der Waals surface area (Å²) >= 11 is 0. The van der Waals surface area contributed by atoms with Crippen LogP contribution >= 0.6 is 0 Å². The molecule has 7 nitrogen and oxygen atoms in total. The van der Waals surface area contributed by atoms with E-state index in [1.807, 2.05) is 0 Å². The summed E-state index contributed by atoms with van der Waals surface area (Å²) < 4.78 is 26.1. The Morgan fingerprint density at radius 2 is 1.78 bits per heavy atom. The van der Waals surface area contributed by atoms with E-state index in [0.717, 1.165) is 5.56 Å². The Kier molecular flexibility index (Phi) is 5.56. The molecule has 120 valence electrons. The number of carbonyl (C=O) groups is 1. The predicted octanol–water partition coefficient (Wildman–Crippen LogP) is 0.900. The monoisotopic (exact) mass is 332 g/mol. The molecule has 0 aliphatic heterocycles. The number of benzene rings is 1. The first-order chi connectivity index (χ1) is 11.0. The molecule has 0 fully saturated rings. The second-order valence-corrected chi connectivity index (χ2v) is 6.37. The highest BCUT2D eigenvalue weighted by molar-refractivity contribution is 7.89. The summed E-state index contributed by atoms with van der Waals surface area (Å²) in [7, 11) is -3.71. The molecule has 1 aromatic carbocycles. The van der Waals surface area contributed by atoms with Crippen molar-refractivity contribution in [3.05, 3.63) is 60.4 Å². The van der Waals surface area contributed by atoms with E-state index in [1.54, 1.807) is 49.6 Å². The van der Waals surface area contributed by atoms with Gasteiger partial charge < -0.3 is 0 Å². The molecule has 2 rings (SSSR count). The van der Waals surface area contributed by atoms with Crippen molar-refractivity contribution in [2.24, 2.45) is 5.10 Å². The normalized spacial score (nSPS) is 12.0. The van der Waals surface area contributed by atoms with E-state index in [0.29, 0.717) is 5.71 Å². The van der Waals surface area contributed by atoms with E-state index in [4.69, 9.17) is 0 Å². The number of hydrazone groups is 1. The first-order valence-electron chi connectivity index (χ1n) is 6.77. The fourth-order valence-corrected chi connectivity index (χ4v) is 2.69. The van der Waals surface area contributed by atoms with Crippen molar-refractivity contribution in [1.82, 2.24) is 15.1 Å². The van der Waals surface area contributed by atoms with Crippen LogP contribution in [0.5, 0.6) is 0 Å². The summed E-state index contributed by atoms with van der Waals surface area (Å²) in [6.45, 7) is 1.33. The van der Waals surface area contributed by atoms with Crippen LogP contribution in [0, 0.1) is 0 Å². The SMILES string of the molecule is C/C(=N/NC(=O)CNS(=O)(=O)c1ccccc1)c1ccncc1. The van der Waals surface area contributed by atoms with Crippen LogP contribution in [0.3, 0.4) is 0 Å². The molecular weight excluding hydrogens is 316 g/mol. The molecular formula is C15H16N4O3S. The zero-order chi connectivity index (χ0) is 16.7. The van der Waals surface area contributed by atoms with E-state index in [9.17, 15) is 13.2 Å². The number of sulfonamides is 1. The van der Waals surface area contributed by atoms with E-state index in [-0.39, 0.29) is 4.90 Å². The summed E-state index contributed by atoms with van der Waals surface area (Å²) in [5.41, 5.74) is 3.71. The number of nitrogens with zero attached hydrogens (tertiary/aromatic N) is 2. The van der Waals surface area contributed by atoms with Crippen LogP contribution in [-0.2, 0) is 14.8 Å². The van der Waals surface area contributed by atoms with Crippen molar-refractivity contribution in [2.75, 3.05) is 6.54 Å². The first-order valence-corrected chi connectivity index (χ1v) is 8.25. The predicted molar refractivity (Wildman–Crippen MR) is 86.2 cm³/mol. The maximum Gasteiger partial charge on any atom is 0.255 e. The number of rotatable bonds is 6. The number of carbonyl (C=O) groups excluding carboxylic acids is 1. The Balaban J connectivity index is 1.91. The molecule has 2 N–H and O–H groups in total. The average molecular weight is 332 g/mol. The zero-order valence-electron chi connectivity index (χ0n) is 12.4. The standard InChI is InChI=1S/C15H16N4O3S/c1-12(13-7-9-16-10-8-13)18-19-15(20)11-17-23(21,22)14-5-3-2-4-6-14/h2-10,17H,11H2,1H3,(H,19,20)/b18-12-. The van der Waals surface area contributed by atoms with Crippen molar-refractivity contribution < 1.29 is 13.2 Å². The van der Waals surface area contributed by atoms with Gasteiger partial charge >= 0.3 is 0 Å². The van der Waals surface area contributed by atoms with Crippen molar-refractivity contribution in [3.8, 4) is 0 Å². The van der Waals surface area contributed by atoms with E-state index >= 15 is 0 Å². The maximum atomic E-state index is 12.0. The van der Waals surface area contributed by atoms with Gasteiger partial charge in [-0.05, 0) is 31.2 Å². The lowest BCUT2D eigenvalue weighted by Gasteiger charge is -2.06. The minimum Gasteiger partial charge on any atom is -0.272 e. The summed E-state index contributed by atoms with van der Waals surface area (Å²) in [6, 6.07) is 11.3. The Labute approximate surface area is 134 Å². The first kappa shape index (κ1) is 16.8. The molecule has 1 heterocycles. The van der Waals surface area contributed by atoms with Crippen molar-refractivity contribution in [1.29, 1.82) is 0 Å². The Morgan fingerprint density at radius 1 is 1.13 bits per heavy atom. The third kappa shape index (κ3) is 4.97. The second-order valence-electron chi connectivity index (χ2n) is 4.61. The van der Waals surface area contributed by atoms with Crippen LogP contribution in [0.4, 0.5) is 0 Å². The molecule has 1 aromatic heterocycles. The van der Waals surface area contributed by atoms with Gasteiger partial charge in [0.05, 0.1) is 17.2 Å². The molecule has 0 aliphatic carbocycles. The Bertz CT molecular complexity index is 790. The maximum absolute atomic E-state index is 12.0. The summed E-state index contributed by atoms with van der Waals surface area (Å²) in [5.74, 6) is -0.557. The summed E-state index contributed by atoms with van der Waals surface area (Å²) in [4.78, 5) is 15.7. The molecule has 0 radical (unpaired) electrons. The molecule has 8 heteroatoms. The lowest BCUT2D eigenvalue weighted by atomic mass is 10.2. The van der Waals surface area contributed by atoms with Gasteiger partial charge in [-0.2, -0.15) is 5.10 Å². The number of amides is 1. The molecule has 0 aliphatic rings. The summed E-state index contributed by atoms with van der Waals surface area (Å²) in [5, 5.41) is 3.92. The summed E-state index contributed by atoms with van der Waals surface area (Å²) in [6.07, 6.45) is 3.23. The molecule has 23 heavy (non-hydrogen) atoms. The van der Waals surface area contributed by atoms with Crippen LogP contribution in [0.2, 0.25) is 0 Å². The van der Waals surface area contributed by atoms with Gasteiger partial charge in [-0.3, -0.25) is 9.78 Å². The van der Waals surface area contributed by atoms with Crippen molar-refractivity contribution >= 4 is 21.6 Å².